The first-order valence-corrected chi connectivity index (χ1v) is 17.7. The minimum atomic E-state index is -0.885. The Morgan fingerprint density at radius 1 is 0.980 bits per heavy atom. The Hall–Kier alpha value is -4.37. The molecule has 1 saturated heterocycles. The Morgan fingerprint density at radius 2 is 1.65 bits per heavy atom. The van der Waals surface area contributed by atoms with E-state index in [2.05, 4.69) is 16.0 Å². The molecule has 0 aromatic heterocycles. The molecule has 3 unspecified atom stereocenters. The van der Waals surface area contributed by atoms with Gasteiger partial charge >= 0.3 is 6.03 Å². The number of aliphatic hydroxyl groups excluding tert-OH is 1. The maximum atomic E-state index is 13.9. The minimum Gasteiger partial charge on any atom is -0.488 e. The number of ether oxygens (including phenoxy) is 1. The lowest BCUT2D eigenvalue weighted by Crippen LogP contribution is -2.59. The van der Waals surface area contributed by atoms with Gasteiger partial charge in [-0.25, -0.2) is 4.79 Å². The van der Waals surface area contributed by atoms with Gasteiger partial charge in [0.1, 0.15) is 11.8 Å². The SMILES string of the molecule is CCC(C)C(C(=O)N[C@H](CCC(O)[C@H](Cc1ccccc1)NC(=O)COC1=C(C)C=CC=C(C)C1)Cc1ccccc1)N1CCCNC1=O. The highest BCUT2D eigenvalue weighted by Crippen LogP contribution is 2.22. The van der Waals surface area contributed by atoms with E-state index in [1.807, 2.05) is 107 Å². The van der Waals surface area contributed by atoms with Crippen molar-refractivity contribution in [3.63, 3.8) is 0 Å². The number of hydrogen-bond donors (Lipinski definition) is 4. The molecular formula is C40H54N4O5. The van der Waals surface area contributed by atoms with Crippen LogP contribution in [0.3, 0.4) is 0 Å². The van der Waals surface area contributed by atoms with Crippen molar-refractivity contribution in [1.82, 2.24) is 20.9 Å². The van der Waals surface area contributed by atoms with Gasteiger partial charge in [0.25, 0.3) is 5.91 Å². The van der Waals surface area contributed by atoms with Crippen LogP contribution in [0.1, 0.15) is 70.9 Å². The fourth-order valence-electron chi connectivity index (χ4n) is 6.45. The Labute approximate surface area is 291 Å². The second-order valence-corrected chi connectivity index (χ2v) is 13.5. The number of allylic oxidation sites excluding steroid dienone is 5. The van der Waals surface area contributed by atoms with Gasteiger partial charge in [0, 0.05) is 25.6 Å². The van der Waals surface area contributed by atoms with E-state index in [0.717, 1.165) is 40.9 Å². The Morgan fingerprint density at radius 3 is 2.31 bits per heavy atom. The molecule has 0 radical (unpaired) electrons. The number of aliphatic hydroxyl groups is 1. The van der Waals surface area contributed by atoms with Crippen LogP contribution < -0.4 is 16.0 Å². The highest BCUT2D eigenvalue weighted by atomic mass is 16.5. The summed E-state index contributed by atoms with van der Waals surface area (Å²) in [4.78, 5) is 41.6. The fourth-order valence-corrected chi connectivity index (χ4v) is 6.45. The van der Waals surface area contributed by atoms with E-state index in [0.29, 0.717) is 45.2 Å². The first-order chi connectivity index (χ1) is 23.6. The zero-order chi connectivity index (χ0) is 35.2. The number of hydrogen-bond acceptors (Lipinski definition) is 5. The van der Waals surface area contributed by atoms with Gasteiger partial charge in [-0.05, 0) is 68.6 Å². The summed E-state index contributed by atoms with van der Waals surface area (Å²) in [6.45, 7) is 9.02. The number of nitrogens with zero attached hydrogens (tertiary/aromatic N) is 1. The summed E-state index contributed by atoms with van der Waals surface area (Å²) in [5, 5.41) is 20.8. The van der Waals surface area contributed by atoms with Crippen molar-refractivity contribution in [3.8, 4) is 0 Å². The topological polar surface area (TPSA) is 120 Å². The average Bonchev–Trinajstić information content (AvgIpc) is 3.26. The molecule has 4 amide bonds. The van der Waals surface area contributed by atoms with Gasteiger partial charge in [-0.15, -0.1) is 0 Å². The largest absolute Gasteiger partial charge is 0.488 e. The molecule has 9 heteroatoms. The first-order valence-electron chi connectivity index (χ1n) is 17.7. The van der Waals surface area contributed by atoms with Crippen LogP contribution in [0, 0.1) is 5.92 Å². The monoisotopic (exact) mass is 670 g/mol. The van der Waals surface area contributed by atoms with Crippen LogP contribution in [0.2, 0.25) is 0 Å². The molecule has 0 saturated carbocycles. The van der Waals surface area contributed by atoms with Gasteiger partial charge in [0.05, 0.1) is 12.1 Å². The van der Waals surface area contributed by atoms with Crippen LogP contribution >= 0.6 is 0 Å². The average molecular weight is 671 g/mol. The second kappa shape index (κ2) is 19.0. The van der Waals surface area contributed by atoms with Crippen LogP contribution in [-0.2, 0) is 27.2 Å². The van der Waals surface area contributed by atoms with Crippen LogP contribution in [0.25, 0.3) is 0 Å². The van der Waals surface area contributed by atoms with Crippen molar-refractivity contribution in [2.75, 3.05) is 19.7 Å². The molecule has 0 bridgehead atoms. The van der Waals surface area contributed by atoms with Crippen molar-refractivity contribution in [3.05, 3.63) is 107 Å². The number of urea groups is 1. The molecular weight excluding hydrogens is 616 g/mol. The van der Waals surface area contributed by atoms with E-state index in [4.69, 9.17) is 4.74 Å². The predicted molar refractivity (Wildman–Crippen MR) is 194 cm³/mol. The molecule has 2 aromatic rings. The Bertz CT molecular complexity index is 1470. The molecule has 1 aliphatic carbocycles. The van der Waals surface area contributed by atoms with Crippen molar-refractivity contribution in [2.24, 2.45) is 5.92 Å². The van der Waals surface area contributed by atoms with E-state index in [1.165, 1.54) is 0 Å². The molecule has 4 N–H and O–H groups in total. The van der Waals surface area contributed by atoms with Gasteiger partial charge in [0.15, 0.2) is 6.61 Å². The summed E-state index contributed by atoms with van der Waals surface area (Å²) >= 11 is 0. The lowest BCUT2D eigenvalue weighted by Gasteiger charge is -2.37. The van der Waals surface area contributed by atoms with Crippen molar-refractivity contribution in [2.45, 2.75) is 96.9 Å². The highest BCUT2D eigenvalue weighted by molar-refractivity contribution is 5.88. The molecule has 9 nitrogen and oxygen atoms in total. The summed E-state index contributed by atoms with van der Waals surface area (Å²) in [7, 11) is 0. The predicted octanol–water partition coefficient (Wildman–Crippen LogP) is 5.61. The third-order valence-electron chi connectivity index (χ3n) is 9.48. The summed E-state index contributed by atoms with van der Waals surface area (Å²) in [5.41, 5.74) is 4.18. The first kappa shape index (κ1) is 37.4. The molecule has 0 spiro atoms. The van der Waals surface area contributed by atoms with E-state index >= 15 is 0 Å². The molecule has 49 heavy (non-hydrogen) atoms. The van der Waals surface area contributed by atoms with E-state index in [9.17, 15) is 19.5 Å². The van der Waals surface area contributed by atoms with E-state index in [-0.39, 0.29) is 36.4 Å². The van der Waals surface area contributed by atoms with Crippen molar-refractivity contribution < 1.29 is 24.2 Å². The quantitative estimate of drug-likeness (QED) is 0.175. The number of carbonyl (C=O) groups is 3. The van der Waals surface area contributed by atoms with Crippen molar-refractivity contribution in [1.29, 1.82) is 0 Å². The number of amides is 4. The summed E-state index contributed by atoms with van der Waals surface area (Å²) < 4.78 is 5.97. The van der Waals surface area contributed by atoms with Crippen LogP contribution in [0.15, 0.2) is 95.8 Å². The molecule has 2 aliphatic rings. The standard InChI is InChI=1S/C40H54N4O5/c1-5-29(3)38(44-23-13-22-41-40(44)48)39(47)42-33(25-31-16-8-6-9-17-31)20-21-35(45)34(26-32-18-10-7-11-19-32)43-37(46)27-49-36-24-28(2)14-12-15-30(36)4/h6-12,14-19,29,33-35,38,45H,5,13,20-27H2,1-4H3,(H,41,48)(H,42,47)(H,43,46)/t29?,33-,34+,35?,38?/m1/s1. The number of carbonyl (C=O) groups excluding carboxylic acids is 3. The van der Waals surface area contributed by atoms with Crippen molar-refractivity contribution >= 4 is 17.8 Å². The van der Waals surface area contributed by atoms with Crippen LogP contribution in [-0.4, -0.2) is 71.8 Å². The fraction of sp³-hybridized carbons (Fsp3) is 0.475. The van der Waals surface area contributed by atoms with E-state index < -0.39 is 18.2 Å². The maximum Gasteiger partial charge on any atom is 0.318 e. The highest BCUT2D eigenvalue weighted by Gasteiger charge is 2.36. The summed E-state index contributed by atoms with van der Waals surface area (Å²) in [6.07, 6.45) is 9.11. The maximum absolute atomic E-state index is 13.9. The number of rotatable bonds is 17. The third kappa shape index (κ3) is 11.6. The molecule has 5 atom stereocenters. The zero-order valence-electron chi connectivity index (χ0n) is 29.5. The minimum absolute atomic E-state index is 0.0343. The lowest BCUT2D eigenvalue weighted by molar-refractivity contribution is -0.128. The van der Waals surface area contributed by atoms with E-state index in [1.54, 1.807) is 4.90 Å². The van der Waals surface area contributed by atoms with Gasteiger partial charge in [-0.3, -0.25) is 9.59 Å². The molecule has 1 heterocycles. The molecule has 1 fully saturated rings. The van der Waals surface area contributed by atoms with Crippen LogP contribution in [0.4, 0.5) is 4.79 Å². The summed E-state index contributed by atoms with van der Waals surface area (Å²) in [6, 6.07) is 18.1. The van der Waals surface area contributed by atoms with Gasteiger partial charge < -0.3 is 30.7 Å². The Kier molecular flexibility index (Phi) is 14.5. The molecule has 1 aliphatic heterocycles. The number of benzene rings is 2. The zero-order valence-corrected chi connectivity index (χ0v) is 29.5. The third-order valence-corrected chi connectivity index (χ3v) is 9.48. The molecule has 2 aromatic carbocycles. The molecule has 4 rings (SSSR count). The molecule has 264 valence electrons. The lowest BCUT2D eigenvalue weighted by atomic mass is 9.93. The van der Waals surface area contributed by atoms with Crippen LogP contribution in [0.5, 0.6) is 0 Å². The normalized spacial score (nSPS) is 17.9. The second-order valence-electron chi connectivity index (χ2n) is 13.5. The summed E-state index contributed by atoms with van der Waals surface area (Å²) in [5.74, 6) is 0.236. The number of nitrogens with one attached hydrogen (secondary N) is 3. The van der Waals surface area contributed by atoms with Gasteiger partial charge in [-0.2, -0.15) is 0 Å². The van der Waals surface area contributed by atoms with Gasteiger partial charge in [-0.1, -0.05) is 105 Å². The smallest absolute Gasteiger partial charge is 0.318 e. The van der Waals surface area contributed by atoms with Gasteiger partial charge in [0.2, 0.25) is 5.91 Å². The Balaban J connectivity index is 1.47.